The third-order valence-electron chi connectivity index (χ3n) is 7.69. The summed E-state index contributed by atoms with van der Waals surface area (Å²) in [6.07, 6.45) is 8.72. The van der Waals surface area contributed by atoms with Crippen molar-refractivity contribution in [1.82, 2.24) is 59.8 Å². The molecule has 0 aromatic carbocycles. The topological polar surface area (TPSA) is 273 Å². The Kier molecular flexibility index (Phi) is 11.9. The van der Waals surface area contributed by atoms with Crippen LogP contribution in [-0.4, -0.2) is 59.8 Å². The molecule has 0 aliphatic heterocycles. The number of aromatic amines is 2. The van der Waals surface area contributed by atoms with Crippen LogP contribution in [0, 0.1) is 5.95 Å². The highest BCUT2D eigenvalue weighted by Crippen LogP contribution is 2.23. The summed E-state index contributed by atoms with van der Waals surface area (Å²) in [4.78, 5) is 68.1. The minimum atomic E-state index is -0.549. The van der Waals surface area contributed by atoms with Crippen molar-refractivity contribution in [3.63, 3.8) is 0 Å². The highest BCUT2D eigenvalue weighted by molar-refractivity contribution is 5.87. The Balaban J connectivity index is 0.000000158. The average Bonchev–Trinajstić information content (AvgIpc) is 3.19. The van der Waals surface area contributed by atoms with E-state index in [0.717, 1.165) is 11.1 Å². The van der Waals surface area contributed by atoms with E-state index >= 15 is 0 Å². The summed E-state index contributed by atoms with van der Waals surface area (Å²) < 4.78 is 13.1. The standard InChI is InChI=1S/C12H8FN5.2C12H9N5O.2CH4/c13-10-5-7(3-4-15-10)8-1-2-9-11(18-8)12(14)17-6-16-9;2*13-12-11-9(15-6-16-12)2-1-8(17-11)7-3-4-14-10(18)5-7;;/h1-6H,(H2,14,16,17);2*1-6H,(H,14,18)(H2,13,15,16);2*1H4. The molecule has 0 saturated carbocycles. The Morgan fingerprint density at radius 1 is 0.464 bits per heavy atom. The number of anilines is 3. The molecule has 0 aliphatic carbocycles. The number of halogens is 1. The van der Waals surface area contributed by atoms with Crippen molar-refractivity contribution in [2.24, 2.45) is 0 Å². The summed E-state index contributed by atoms with van der Waals surface area (Å²) in [6, 6.07) is 20.2. The molecule has 56 heavy (non-hydrogen) atoms. The van der Waals surface area contributed by atoms with E-state index < -0.39 is 5.95 Å². The number of nitrogens with two attached hydrogens (primary N) is 3. The van der Waals surface area contributed by atoms with Gasteiger partial charge in [0.25, 0.3) is 0 Å². The first kappa shape index (κ1) is 39.1. The molecule has 0 saturated heterocycles. The maximum Gasteiger partial charge on any atom is 0.248 e. The van der Waals surface area contributed by atoms with E-state index in [0.29, 0.717) is 73.2 Å². The fourth-order valence-electron chi connectivity index (χ4n) is 5.13. The SMILES string of the molecule is C.C.Nc1ncnc2ccc(-c3cc[nH]c(=O)c3)nc12.Nc1ncnc2ccc(-c3cc[nH]c(=O)c3)nc12.Nc1ncnc2ccc(-c3ccnc(F)c3)nc12. The van der Waals surface area contributed by atoms with Crippen LogP contribution in [-0.2, 0) is 0 Å². The summed E-state index contributed by atoms with van der Waals surface area (Å²) in [5.74, 6) is 0.404. The highest BCUT2D eigenvalue weighted by atomic mass is 19.1. The molecule has 18 heteroatoms. The second-order valence-corrected chi connectivity index (χ2v) is 11.2. The fraction of sp³-hybridized carbons (Fsp3) is 0.0526. The Hall–Kier alpha value is -8.15. The van der Waals surface area contributed by atoms with Gasteiger partial charge in [0, 0.05) is 53.5 Å². The third kappa shape index (κ3) is 8.72. The number of hydrogen-bond donors (Lipinski definition) is 5. The number of fused-ring (bicyclic) bond motifs is 3. The van der Waals surface area contributed by atoms with Crippen molar-refractivity contribution in [3.8, 4) is 33.8 Å². The van der Waals surface area contributed by atoms with Crippen LogP contribution in [0.3, 0.4) is 0 Å². The van der Waals surface area contributed by atoms with Crippen molar-refractivity contribution in [2.45, 2.75) is 14.9 Å². The highest BCUT2D eigenvalue weighted by Gasteiger charge is 2.08. The number of H-pyrrole nitrogens is 2. The van der Waals surface area contributed by atoms with Crippen LogP contribution < -0.4 is 28.3 Å². The summed E-state index contributed by atoms with van der Waals surface area (Å²) >= 11 is 0. The van der Waals surface area contributed by atoms with Crippen molar-refractivity contribution < 1.29 is 4.39 Å². The zero-order chi connectivity index (χ0) is 37.6. The van der Waals surface area contributed by atoms with Crippen molar-refractivity contribution >= 4 is 50.6 Å². The Morgan fingerprint density at radius 3 is 1.20 bits per heavy atom. The molecule has 9 rings (SSSR count). The molecule has 0 bridgehead atoms. The van der Waals surface area contributed by atoms with Gasteiger partial charge in [0.05, 0.1) is 33.6 Å². The lowest BCUT2D eigenvalue weighted by molar-refractivity contribution is 0.584. The van der Waals surface area contributed by atoms with E-state index in [1.807, 2.05) is 0 Å². The second-order valence-electron chi connectivity index (χ2n) is 11.2. The van der Waals surface area contributed by atoms with Gasteiger partial charge in [-0.15, -0.1) is 0 Å². The van der Waals surface area contributed by atoms with E-state index in [1.165, 1.54) is 43.4 Å². The molecule has 280 valence electrons. The molecular formula is C38H34FN15O2. The summed E-state index contributed by atoms with van der Waals surface area (Å²) in [5.41, 5.74) is 24.5. The minimum absolute atomic E-state index is 0. The number of nitrogens with one attached hydrogen (secondary N) is 2. The van der Waals surface area contributed by atoms with Gasteiger partial charge in [0.1, 0.15) is 35.5 Å². The van der Waals surface area contributed by atoms with Crippen molar-refractivity contribution in [1.29, 1.82) is 0 Å². The van der Waals surface area contributed by atoms with Gasteiger partial charge < -0.3 is 27.2 Å². The Morgan fingerprint density at radius 2 is 0.839 bits per heavy atom. The molecule has 9 heterocycles. The van der Waals surface area contributed by atoms with Gasteiger partial charge in [-0.05, 0) is 54.6 Å². The first-order valence-electron chi connectivity index (χ1n) is 15.8. The maximum atomic E-state index is 13.1. The Labute approximate surface area is 317 Å². The molecule has 0 radical (unpaired) electrons. The molecule has 9 aromatic heterocycles. The summed E-state index contributed by atoms with van der Waals surface area (Å²) in [5, 5.41) is 0. The first-order valence-corrected chi connectivity index (χ1v) is 15.8. The van der Waals surface area contributed by atoms with E-state index in [9.17, 15) is 14.0 Å². The molecule has 0 atom stereocenters. The largest absolute Gasteiger partial charge is 0.382 e. The zero-order valence-corrected chi connectivity index (χ0v) is 27.8. The first-order chi connectivity index (χ1) is 26.2. The van der Waals surface area contributed by atoms with Gasteiger partial charge >= 0.3 is 0 Å². The number of hydrogen-bond acceptors (Lipinski definition) is 15. The van der Waals surface area contributed by atoms with Crippen LogP contribution in [0.15, 0.2) is 120 Å². The number of pyridine rings is 6. The van der Waals surface area contributed by atoms with Crippen LogP contribution >= 0.6 is 0 Å². The normalized spacial score (nSPS) is 10.3. The predicted octanol–water partition coefficient (Wildman–Crippen LogP) is 5.00. The van der Waals surface area contributed by atoms with E-state index in [-0.39, 0.29) is 26.0 Å². The van der Waals surface area contributed by atoms with Crippen LogP contribution in [0.4, 0.5) is 21.8 Å². The monoisotopic (exact) mass is 751 g/mol. The summed E-state index contributed by atoms with van der Waals surface area (Å²) in [7, 11) is 0. The number of nitrogen functional groups attached to an aromatic ring is 3. The summed E-state index contributed by atoms with van der Waals surface area (Å²) in [6.45, 7) is 0. The number of aromatic nitrogens is 12. The van der Waals surface area contributed by atoms with Crippen LogP contribution in [0.1, 0.15) is 14.9 Å². The van der Waals surface area contributed by atoms with Crippen LogP contribution in [0.5, 0.6) is 0 Å². The number of nitrogens with zero attached hydrogens (tertiary/aromatic N) is 10. The minimum Gasteiger partial charge on any atom is -0.382 e. The Bertz CT molecular complexity index is 2790. The van der Waals surface area contributed by atoms with Gasteiger partial charge in [-0.1, -0.05) is 14.9 Å². The van der Waals surface area contributed by atoms with E-state index in [1.54, 1.807) is 67.0 Å². The van der Waals surface area contributed by atoms with Gasteiger partial charge in [0.15, 0.2) is 17.5 Å². The van der Waals surface area contributed by atoms with Crippen LogP contribution in [0.2, 0.25) is 0 Å². The van der Waals surface area contributed by atoms with Crippen molar-refractivity contribution in [3.05, 3.63) is 137 Å². The van der Waals surface area contributed by atoms with Gasteiger partial charge in [-0.3, -0.25) is 9.59 Å². The molecule has 9 aromatic rings. The fourth-order valence-corrected chi connectivity index (χ4v) is 5.13. The predicted molar refractivity (Wildman–Crippen MR) is 214 cm³/mol. The molecular weight excluding hydrogens is 718 g/mol. The van der Waals surface area contributed by atoms with Gasteiger partial charge in [-0.25, -0.2) is 49.8 Å². The number of rotatable bonds is 3. The van der Waals surface area contributed by atoms with Crippen LogP contribution in [0.25, 0.3) is 66.9 Å². The molecule has 0 unspecified atom stereocenters. The quantitative estimate of drug-likeness (QED) is 0.149. The third-order valence-corrected chi connectivity index (χ3v) is 7.69. The molecule has 0 amide bonds. The molecule has 0 aliphatic rings. The lowest BCUT2D eigenvalue weighted by Gasteiger charge is -2.03. The van der Waals surface area contributed by atoms with E-state index in [2.05, 4.69) is 59.8 Å². The molecule has 0 spiro atoms. The average molecular weight is 752 g/mol. The van der Waals surface area contributed by atoms with Gasteiger partial charge in [-0.2, -0.15) is 4.39 Å². The second kappa shape index (κ2) is 17.1. The van der Waals surface area contributed by atoms with E-state index in [4.69, 9.17) is 17.2 Å². The molecule has 8 N–H and O–H groups in total. The maximum absolute atomic E-state index is 13.1. The smallest absolute Gasteiger partial charge is 0.248 e. The lowest BCUT2D eigenvalue weighted by Crippen LogP contribution is -2.03. The molecule has 0 fully saturated rings. The van der Waals surface area contributed by atoms with Gasteiger partial charge in [0.2, 0.25) is 17.1 Å². The zero-order valence-electron chi connectivity index (χ0n) is 27.8. The lowest BCUT2D eigenvalue weighted by atomic mass is 10.1. The molecule has 17 nitrogen and oxygen atoms in total. The van der Waals surface area contributed by atoms with Crippen molar-refractivity contribution in [2.75, 3.05) is 17.2 Å².